The van der Waals surface area contributed by atoms with Crippen LogP contribution < -0.4 is 11.1 Å². The van der Waals surface area contributed by atoms with Gasteiger partial charge in [0.2, 0.25) is 5.91 Å². The number of nitrogens with one attached hydrogen (secondary N) is 1. The molecular formula is C18H22N2O. The summed E-state index contributed by atoms with van der Waals surface area (Å²) >= 11 is 0. The van der Waals surface area contributed by atoms with Gasteiger partial charge in [0.25, 0.3) is 0 Å². The molecule has 0 heterocycles. The van der Waals surface area contributed by atoms with Crippen molar-refractivity contribution in [2.75, 3.05) is 6.54 Å². The highest BCUT2D eigenvalue weighted by atomic mass is 16.1. The van der Waals surface area contributed by atoms with E-state index in [9.17, 15) is 4.79 Å². The molecule has 0 saturated heterocycles. The van der Waals surface area contributed by atoms with E-state index in [0.29, 0.717) is 19.0 Å². The lowest BCUT2D eigenvalue weighted by molar-refractivity contribution is -0.126. The number of carbonyl (C=O) groups excluding carboxylic acids is 1. The lowest BCUT2D eigenvalue weighted by atomic mass is 9.88. The predicted octanol–water partition coefficient (Wildman–Crippen LogP) is 2.05. The van der Waals surface area contributed by atoms with E-state index in [1.807, 2.05) is 24.3 Å². The Bertz CT molecular complexity index is 584. The van der Waals surface area contributed by atoms with Crippen LogP contribution in [-0.4, -0.2) is 12.5 Å². The first kappa shape index (κ1) is 14.2. The van der Waals surface area contributed by atoms with Gasteiger partial charge in [-0.05, 0) is 42.7 Å². The Labute approximate surface area is 126 Å². The molecule has 2 fully saturated rings. The third kappa shape index (κ3) is 3.11. The Hall–Kier alpha value is -1.79. The fourth-order valence-electron chi connectivity index (χ4n) is 3.82. The Morgan fingerprint density at radius 2 is 2.14 bits per heavy atom. The van der Waals surface area contributed by atoms with Crippen molar-refractivity contribution < 1.29 is 4.79 Å². The lowest BCUT2D eigenvalue weighted by Crippen LogP contribution is -2.33. The topological polar surface area (TPSA) is 55.1 Å². The molecule has 1 amide bonds. The summed E-state index contributed by atoms with van der Waals surface area (Å²) in [6, 6.07) is 7.93. The van der Waals surface area contributed by atoms with Crippen LogP contribution in [0, 0.1) is 29.6 Å². The molecule has 2 aliphatic carbocycles. The van der Waals surface area contributed by atoms with Crippen molar-refractivity contribution in [2.45, 2.75) is 32.2 Å². The SMILES string of the molecule is NCC#Cc1ccccc1CNC(=O)C1CC2CCC1C2. The van der Waals surface area contributed by atoms with E-state index in [4.69, 9.17) is 5.73 Å². The zero-order chi connectivity index (χ0) is 14.7. The van der Waals surface area contributed by atoms with Crippen LogP contribution in [0.3, 0.4) is 0 Å². The molecule has 1 aromatic rings. The number of benzene rings is 1. The average Bonchev–Trinajstić information content (AvgIpc) is 3.14. The molecule has 2 saturated carbocycles. The van der Waals surface area contributed by atoms with Crippen LogP contribution in [0.1, 0.15) is 36.8 Å². The molecule has 2 aliphatic rings. The number of amides is 1. The summed E-state index contributed by atoms with van der Waals surface area (Å²) in [5.74, 6) is 7.84. The zero-order valence-electron chi connectivity index (χ0n) is 12.3. The quantitative estimate of drug-likeness (QED) is 0.834. The molecule has 2 bridgehead atoms. The van der Waals surface area contributed by atoms with E-state index in [-0.39, 0.29) is 11.8 Å². The molecule has 3 rings (SSSR count). The second-order valence-corrected chi connectivity index (χ2v) is 6.16. The van der Waals surface area contributed by atoms with Crippen LogP contribution in [-0.2, 0) is 11.3 Å². The summed E-state index contributed by atoms with van der Waals surface area (Å²) in [7, 11) is 0. The van der Waals surface area contributed by atoms with Gasteiger partial charge in [-0.2, -0.15) is 0 Å². The molecule has 1 aromatic carbocycles. The Balaban J connectivity index is 1.61. The van der Waals surface area contributed by atoms with Crippen LogP contribution in [0.2, 0.25) is 0 Å². The van der Waals surface area contributed by atoms with Gasteiger partial charge < -0.3 is 11.1 Å². The van der Waals surface area contributed by atoms with E-state index >= 15 is 0 Å². The van der Waals surface area contributed by atoms with Crippen LogP contribution >= 0.6 is 0 Å². The fourth-order valence-corrected chi connectivity index (χ4v) is 3.82. The molecule has 3 heteroatoms. The van der Waals surface area contributed by atoms with Crippen LogP contribution in [0.25, 0.3) is 0 Å². The van der Waals surface area contributed by atoms with Crippen molar-refractivity contribution in [3.63, 3.8) is 0 Å². The molecule has 3 N–H and O–H groups in total. The Morgan fingerprint density at radius 1 is 1.29 bits per heavy atom. The first-order chi connectivity index (χ1) is 10.3. The van der Waals surface area contributed by atoms with Crippen LogP contribution in [0.15, 0.2) is 24.3 Å². The highest BCUT2D eigenvalue weighted by molar-refractivity contribution is 5.79. The number of fused-ring (bicyclic) bond motifs is 2. The van der Waals surface area contributed by atoms with E-state index in [1.165, 1.54) is 19.3 Å². The Morgan fingerprint density at radius 3 is 2.86 bits per heavy atom. The third-order valence-electron chi connectivity index (χ3n) is 4.87. The molecule has 3 nitrogen and oxygen atoms in total. The first-order valence-corrected chi connectivity index (χ1v) is 7.82. The molecule has 0 spiro atoms. The summed E-state index contributed by atoms with van der Waals surface area (Å²) in [6.45, 7) is 0.911. The summed E-state index contributed by atoms with van der Waals surface area (Å²) < 4.78 is 0. The maximum absolute atomic E-state index is 12.4. The molecule has 0 radical (unpaired) electrons. The second-order valence-electron chi connectivity index (χ2n) is 6.16. The third-order valence-corrected chi connectivity index (χ3v) is 4.87. The van der Waals surface area contributed by atoms with Crippen molar-refractivity contribution in [3.05, 3.63) is 35.4 Å². The van der Waals surface area contributed by atoms with Gasteiger partial charge in [-0.3, -0.25) is 4.79 Å². The highest BCUT2D eigenvalue weighted by Gasteiger charge is 2.42. The minimum atomic E-state index is 0.226. The van der Waals surface area contributed by atoms with E-state index in [1.54, 1.807) is 0 Å². The second kappa shape index (κ2) is 6.32. The highest BCUT2D eigenvalue weighted by Crippen LogP contribution is 2.48. The summed E-state index contributed by atoms with van der Waals surface area (Å²) in [4.78, 5) is 12.4. The molecular weight excluding hydrogens is 260 g/mol. The fraction of sp³-hybridized carbons (Fsp3) is 0.500. The standard InChI is InChI=1S/C18H22N2O/c19-9-3-6-14-4-1-2-5-16(14)12-20-18(21)17-11-13-7-8-15(17)10-13/h1-2,4-5,13,15,17H,7-12,19H2,(H,20,21). The van der Waals surface area contributed by atoms with Crippen molar-refractivity contribution >= 4 is 5.91 Å². The number of carbonyl (C=O) groups is 1. The molecule has 0 aromatic heterocycles. The molecule has 0 aliphatic heterocycles. The number of hydrogen-bond donors (Lipinski definition) is 2. The van der Waals surface area contributed by atoms with Gasteiger partial charge in [0.15, 0.2) is 0 Å². The largest absolute Gasteiger partial charge is 0.352 e. The minimum absolute atomic E-state index is 0.226. The van der Waals surface area contributed by atoms with Crippen LogP contribution in [0.5, 0.6) is 0 Å². The van der Waals surface area contributed by atoms with Gasteiger partial charge in [0, 0.05) is 18.0 Å². The number of nitrogens with two attached hydrogens (primary N) is 1. The molecule has 3 unspecified atom stereocenters. The van der Waals surface area contributed by atoms with E-state index < -0.39 is 0 Å². The van der Waals surface area contributed by atoms with E-state index in [0.717, 1.165) is 23.5 Å². The van der Waals surface area contributed by atoms with Gasteiger partial charge in [-0.1, -0.05) is 36.5 Å². The van der Waals surface area contributed by atoms with Crippen molar-refractivity contribution in [1.29, 1.82) is 0 Å². The van der Waals surface area contributed by atoms with E-state index in [2.05, 4.69) is 17.2 Å². The van der Waals surface area contributed by atoms with Crippen molar-refractivity contribution in [2.24, 2.45) is 23.5 Å². The minimum Gasteiger partial charge on any atom is -0.352 e. The average molecular weight is 282 g/mol. The van der Waals surface area contributed by atoms with Gasteiger partial charge >= 0.3 is 0 Å². The lowest BCUT2D eigenvalue weighted by Gasteiger charge is -2.21. The maximum Gasteiger partial charge on any atom is 0.223 e. The number of rotatable bonds is 3. The van der Waals surface area contributed by atoms with Crippen LogP contribution in [0.4, 0.5) is 0 Å². The summed E-state index contributed by atoms with van der Waals surface area (Å²) in [6.07, 6.45) is 4.91. The number of hydrogen-bond acceptors (Lipinski definition) is 2. The maximum atomic E-state index is 12.4. The zero-order valence-corrected chi connectivity index (χ0v) is 12.3. The Kier molecular flexibility index (Phi) is 4.26. The first-order valence-electron chi connectivity index (χ1n) is 7.82. The van der Waals surface area contributed by atoms with Crippen molar-refractivity contribution in [3.8, 4) is 11.8 Å². The predicted molar refractivity (Wildman–Crippen MR) is 83.2 cm³/mol. The van der Waals surface area contributed by atoms with Gasteiger partial charge in [-0.15, -0.1) is 0 Å². The van der Waals surface area contributed by atoms with Crippen molar-refractivity contribution in [1.82, 2.24) is 5.32 Å². The molecule has 3 atom stereocenters. The smallest absolute Gasteiger partial charge is 0.223 e. The normalized spacial score (nSPS) is 26.2. The summed E-state index contributed by atoms with van der Waals surface area (Å²) in [5.41, 5.74) is 7.44. The molecule has 21 heavy (non-hydrogen) atoms. The summed E-state index contributed by atoms with van der Waals surface area (Å²) in [5, 5.41) is 3.10. The van der Waals surface area contributed by atoms with Gasteiger partial charge in [-0.25, -0.2) is 0 Å². The molecule has 110 valence electrons. The van der Waals surface area contributed by atoms with Gasteiger partial charge in [0.05, 0.1) is 6.54 Å². The monoisotopic (exact) mass is 282 g/mol. The van der Waals surface area contributed by atoms with Gasteiger partial charge in [0.1, 0.15) is 0 Å².